The molecule has 1 aromatic rings. The normalized spacial score (nSPS) is 29.1. The summed E-state index contributed by atoms with van der Waals surface area (Å²) >= 11 is 0. The van der Waals surface area contributed by atoms with Crippen molar-refractivity contribution in [1.29, 1.82) is 0 Å². The van der Waals surface area contributed by atoms with Crippen LogP contribution in [0.3, 0.4) is 0 Å². The van der Waals surface area contributed by atoms with E-state index in [-0.39, 0.29) is 0 Å². The summed E-state index contributed by atoms with van der Waals surface area (Å²) < 4.78 is 2.21. The molecule has 2 aliphatic rings. The van der Waals surface area contributed by atoms with Crippen molar-refractivity contribution in [3.8, 4) is 0 Å². The molecule has 1 aromatic heterocycles. The molecule has 0 radical (unpaired) electrons. The molecule has 0 aromatic carbocycles. The molecule has 1 aliphatic heterocycles. The molecule has 0 spiro atoms. The van der Waals surface area contributed by atoms with Crippen LogP contribution in [0.5, 0.6) is 0 Å². The second-order valence-electron chi connectivity index (χ2n) is 6.62. The zero-order valence-electron chi connectivity index (χ0n) is 12.9. The Kier molecular flexibility index (Phi) is 4.41. The third-order valence-corrected chi connectivity index (χ3v) is 5.11. The van der Waals surface area contributed by atoms with Gasteiger partial charge in [-0.15, -0.1) is 0 Å². The Morgan fingerprint density at radius 1 is 1.30 bits per heavy atom. The van der Waals surface area contributed by atoms with Crippen molar-refractivity contribution < 1.29 is 0 Å². The first-order chi connectivity index (χ1) is 9.76. The molecule has 1 saturated carbocycles. The minimum absolute atomic E-state index is 0.665. The van der Waals surface area contributed by atoms with E-state index >= 15 is 0 Å². The molecule has 1 aliphatic carbocycles. The zero-order chi connectivity index (χ0) is 13.9. The summed E-state index contributed by atoms with van der Waals surface area (Å²) in [5, 5.41) is 8.24. The Hall–Kier alpha value is -0.870. The minimum atomic E-state index is 0.665. The lowest BCUT2D eigenvalue weighted by Gasteiger charge is -2.36. The highest BCUT2D eigenvalue weighted by atomic mass is 15.3. The quantitative estimate of drug-likeness (QED) is 0.917. The van der Waals surface area contributed by atoms with Gasteiger partial charge < -0.3 is 5.32 Å². The Morgan fingerprint density at radius 2 is 2.10 bits per heavy atom. The fourth-order valence-electron chi connectivity index (χ4n) is 3.87. The molecule has 1 saturated heterocycles. The highest BCUT2D eigenvalue weighted by molar-refractivity contribution is 5.01. The van der Waals surface area contributed by atoms with Crippen molar-refractivity contribution in [2.75, 3.05) is 20.1 Å². The number of nitrogens with zero attached hydrogens (tertiary/aromatic N) is 3. The monoisotopic (exact) mass is 276 g/mol. The lowest BCUT2D eigenvalue weighted by Crippen LogP contribution is -2.46. The van der Waals surface area contributed by atoms with Gasteiger partial charge in [0, 0.05) is 31.9 Å². The fraction of sp³-hybridized carbons (Fsp3) is 0.812. The van der Waals surface area contributed by atoms with E-state index in [2.05, 4.69) is 41.1 Å². The molecule has 4 nitrogen and oxygen atoms in total. The van der Waals surface area contributed by atoms with Crippen molar-refractivity contribution in [3.05, 3.63) is 18.0 Å². The van der Waals surface area contributed by atoms with Crippen LogP contribution in [0, 0.1) is 5.92 Å². The number of hydrogen-bond acceptors (Lipinski definition) is 3. The van der Waals surface area contributed by atoms with Gasteiger partial charge >= 0.3 is 0 Å². The highest BCUT2D eigenvalue weighted by Gasteiger charge is 2.25. The van der Waals surface area contributed by atoms with Crippen molar-refractivity contribution >= 4 is 0 Å². The van der Waals surface area contributed by atoms with Gasteiger partial charge in [0.15, 0.2) is 0 Å². The topological polar surface area (TPSA) is 33.1 Å². The van der Waals surface area contributed by atoms with Gasteiger partial charge in [-0.25, -0.2) is 0 Å². The number of nitrogens with one attached hydrogen (secondary N) is 1. The first-order valence-corrected chi connectivity index (χ1v) is 8.20. The second kappa shape index (κ2) is 6.27. The van der Waals surface area contributed by atoms with Gasteiger partial charge in [-0.3, -0.25) is 9.58 Å². The number of aromatic nitrogens is 2. The number of hydrogen-bond donors (Lipinski definition) is 1. The summed E-state index contributed by atoms with van der Waals surface area (Å²) in [5.74, 6) is 0.727. The summed E-state index contributed by atoms with van der Waals surface area (Å²) in [7, 11) is 2.08. The molecule has 3 rings (SSSR count). The van der Waals surface area contributed by atoms with Crippen LogP contribution in [-0.2, 0) is 6.54 Å². The zero-order valence-corrected chi connectivity index (χ0v) is 12.9. The average molecular weight is 276 g/mol. The molecular weight excluding hydrogens is 248 g/mol. The van der Waals surface area contributed by atoms with Crippen LogP contribution in [0.4, 0.5) is 0 Å². The number of piperidine rings is 1. The molecular formula is C16H28N4. The Balaban J connectivity index is 1.55. The first-order valence-electron chi connectivity index (χ1n) is 8.20. The van der Waals surface area contributed by atoms with Crippen molar-refractivity contribution in [2.24, 2.45) is 5.92 Å². The van der Waals surface area contributed by atoms with E-state index in [1.165, 1.54) is 50.9 Å². The largest absolute Gasteiger partial charge is 0.317 e. The first kappa shape index (κ1) is 14.1. The molecule has 1 N–H and O–H groups in total. The van der Waals surface area contributed by atoms with E-state index in [1.807, 2.05) is 0 Å². The van der Waals surface area contributed by atoms with Crippen LogP contribution in [0.15, 0.2) is 12.3 Å². The molecule has 2 heterocycles. The molecule has 2 fully saturated rings. The summed E-state index contributed by atoms with van der Waals surface area (Å²) in [6.07, 6.45) is 8.80. The molecule has 2 atom stereocenters. The van der Waals surface area contributed by atoms with Gasteiger partial charge in [0.2, 0.25) is 0 Å². The summed E-state index contributed by atoms with van der Waals surface area (Å²) in [5.41, 5.74) is 1.24. The van der Waals surface area contributed by atoms with Gasteiger partial charge in [-0.1, -0.05) is 19.8 Å². The maximum Gasteiger partial charge on any atom is 0.0764 e. The van der Waals surface area contributed by atoms with Crippen LogP contribution < -0.4 is 5.32 Å². The van der Waals surface area contributed by atoms with E-state index in [9.17, 15) is 0 Å². The van der Waals surface area contributed by atoms with Crippen molar-refractivity contribution in [1.82, 2.24) is 20.0 Å². The maximum atomic E-state index is 4.81. The lowest BCUT2D eigenvalue weighted by atomic mass is 9.94. The van der Waals surface area contributed by atoms with Crippen LogP contribution in [-0.4, -0.2) is 40.9 Å². The van der Waals surface area contributed by atoms with Crippen LogP contribution in [0.2, 0.25) is 0 Å². The van der Waals surface area contributed by atoms with Crippen molar-refractivity contribution in [3.63, 3.8) is 0 Å². The van der Waals surface area contributed by atoms with Crippen LogP contribution in [0.25, 0.3) is 0 Å². The predicted molar refractivity (Wildman–Crippen MR) is 81.6 cm³/mol. The summed E-state index contributed by atoms with van der Waals surface area (Å²) in [4.78, 5) is 2.56. The predicted octanol–water partition coefficient (Wildman–Crippen LogP) is 2.43. The summed E-state index contributed by atoms with van der Waals surface area (Å²) in [6, 6.07) is 3.56. The maximum absolute atomic E-state index is 4.81. The fourth-order valence-corrected chi connectivity index (χ4v) is 3.87. The minimum Gasteiger partial charge on any atom is -0.317 e. The number of likely N-dealkylation sites (tertiary alicyclic amines) is 1. The van der Waals surface area contributed by atoms with Gasteiger partial charge in [0.1, 0.15) is 0 Å². The lowest BCUT2D eigenvalue weighted by molar-refractivity contribution is 0.143. The highest BCUT2D eigenvalue weighted by Crippen LogP contribution is 2.29. The molecule has 4 heteroatoms. The van der Waals surface area contributed by atoms with E-state index in [4.69, 9.17) is 5.10 Å². The van der Waals surface area contributed by atoms with Gasteiger partial charge in [0.05, 0.1) is 11.7 Å². The van der Waals surface area contributed by atoms with Gasteiger partial charge in [-0.05, 0) is 38.3 Å². The third-order valence-electron chi connectivity index (χ3n) is 5.11. The van der Waals surface area contributed by atoms with E-state index in [0.717, 1.165) is 12.5 Å². The molecule has 112 valence electrons. The van der Waals surface area contributed by atoms with Gasteiger partial charge in [0.25, 0.3) is 0 Å². The smallest absolute Gasteiger partial charge is 0.0764 e. The summed E-state index contributed by atoms with van der Waals surface area (Å²) in [6.45, 7) is 5.74. The van der Waals surface area contributed by atoms with Gasteiger partial charge in [-0.2, -0.15) is 5.10 Å². The third kappa shape index (κ3) is 3.07. The molecule has 2 unspecified atom stereocenters. The molecule has 20 heavy (non-hydrogen) atoms. The standard InChI is InChI=1S/C16H28N4/c1-13-11-19(9-8-16(13)17-2)12-14-7-10-20(18-14)15-5-3-4-6-15/h7,10,13,15-17H,3-6,8-9,11-12H2,1-2H3. The molecule has 0 amide bonds. The van der Waals surface area contributed by atoms with E-state index in [0.29, 0.717) is 12.1 Å². The molecule has 0 bridgehead atoms. The van der Waals surface area contributed by atoms with Crippen molar-refractivity contribution in [2.45, 2.75) is 57.7 Å². The Morgan fingerprint density at radius 3 is 2.80 bits per heavy atom. The van der Waals surface area contributed by atoms with E-state index in [1.54, 1.807) is 0 Å². The average Bonchev–Trinajstić information content (AvgIpc) is 3.09. The van der Waals surface area contributed by atoms with Crippen LogP contribution >= 0.6 is 0 Å². The van der Waals surface area contributed by atoms with E-state index < -0.39 is 0 Å². The second-order valence-corrected chi connectivity index (χ2v) is 6.62. The SMILES string of the molecule is CNC1CCN(Cc2ccn(C3CCCC3)n2)CC1C. The van der Waals surface area contributed by atoms with Crippen LogP contribution in [0.1, 0.15) is 50.8 Å². The Labute approximate surface area is 122 Å². The number of rotatable bonds is 4. The Bertz CT molecular complexity index is 422.